The summed E-state index contributed by atoms with van der Waals surface area (Å²) < 4.78 is 0. The second-order valence-electron chi connectivity index (χ2n) is 3.98. The van der Waals surface area contributed by atoms with Crippen molar-refractivity contribution < 1.29 is 5.11 Å². The van der Waals surface area contributed by atoms with E-state index in [9.17, 15) is 5.11 Å². The van der Waals surface area contributed by atoms with Crippen LogP contribution in [0.5, 0.6) is 0 Å². The quantitative estimate of drug-likeness (QED) is 0.824. The smallest absolute Gasteiger partial charge is 0.0636 e. The van der Waals surface area contributed by atoms with Gasteiger partial charge in [-0.3, -0.25) is 0 Å². The number of hydrogen-bond acceptors (Lipinski definition) is 3. The molecule has 1 aliphatic heterocycles. The summed E-state index contributed by atoms with van der Waals surface area (Å²) in [5.74, 6) is 1.16. The predicted octanol–water partition coefficient (Wildman–Crippen LogP) is 2.19. The first-order chi connectivity index (χ1) is 7.27. The van der Waals surface area contributed by atoms with Crippen molar-refractivity contribution in [2.75, 3.05) is 12.3 Å². The molecular formula is C12H17NOS. The van der Waals surface area contributed by atoms with Crippen molar-refractivity contribution in [1.82, 2.24) is 5.32 Å². The minimum Gasteiger partial charge on any atom is -0.392 e. The number of nitrogens with one attached hydrogen (secondary N) is 1. The second-order valence-corrected chi connectivity index (χ2v) is 5.12. The summed E-state index contributed by atoms with van der Waals surface area (Å²) in [7, 11) is 0. The van der Waals surface area contributed by atoms with E-state index in [1.54, 1.807) is 0 Å². The van der Waals surface area contributed by atoms with Gasteiger partial charge in [0, 0.05) is 17.5 Å². The van der Waals surface area contributed by atoms with Crippen molar-refractivity contribution in [1.29, 1.82) is 0 Å². The Kier molecular flexibility index (Phi) is 3.67. The summed E-state index contributed by atoms with van der Waals surface area (Å²) in [6, 6.07) is 8.94. The van der Waals surface area contributed by atoms with Crippen LogP contribution in [0.4, 0.5) is 0 Å². The van der Waals surface area contributed by atoms with Crippen LogP contribution in [0.1, 0.15) is 24.9 Å². The second kappa shape index (κ2) is 5.01. The number of rotatable bonds is 3. The molecule has 15 heavy (non-hydrogen) atoms. The largest absolute Gasteiger partial charge is 0.392 e. The number of aliphatic hydroxyl groups is 1. The van der Waals surface area contributed by atoms with E-state index in [0.29, 0.717) is 12.6 Å². The maximum atomic E-state index is 9.26. The van der Waals surface area contributed by atoms with E-state index in [4.69, 9.17) is 0 Å². The number of thioether (sulfide) groups is 1. The van der Waals surface area contributed by atoms with Crippen molar-refractivity contribution >= 4 is 11.8 Å². The maximum Gasteiger partial charge on any atom is 0.0636 e. The molecule has 0 saturated carbocycles. The fourth-order valence-electron chi connectivity index (χ4n) is 1.87. The third kappa shape index (κ3) is 2.74. The summed E-state index contributed by atoms with van der Waals surface area (Å²) in [4.78, 5) is 1.38. The topological polar surface area (TPSA) is 32.3 Å². The Morgan fingerprint density at radius 1 is 1.53 bits per heavy atom. The molecule has 0 fully saturated rings. The molecule has 2 nitrogen and oxygen atoms in total. The molecule has 2 rings (SSSR count). The van der Waals surface area contributed by atoms with E-state index in [2.05, 4.69) is 29.6 Å². The lowest BCUT2D eigenvalue weighted by Crippen LogP contribution is -2.30. The Hall–Kier alpha value is -0.510. The van der Waals surface area contributed by atoms with Crippen LogP contribution in [0, 0.1) is 0 Å². The standard InChI is InChI=1S/C12H17NOS/c1-9(14)8-13-11-6-7-15-12-5-3-2-4-10(11)12/h2-5,9,11,13-14H,6-8H2,1H3/t9-,11?/m0/s1. The fraction of sp³-hybridized carbons (Fsp3) is 0.500. The first-order valence-electron chi connectivity index (χ1n) is 5.40. The SMILES string of the molecule is C[C@H](O)CNC1CCSc2ccccc21. The molecule has 1 heterocycles. The van der Waals surface area contributed by atoms with E-state index < -0.39 is 0 Å². The first kappa shape index (κ1) is 11.0. The Labute approximate surface area is 95.1 Å². The van der Waals surface area contributed by atoms with Crippen LogP contribution in [0.3, 0.4) is 0 Å². The van der Waals surface area contributed by atoms with Crippen LogP contribution < -0.4 is 5.32 Å². The van der Waals surface area contributed by atoms with Crippen LogP contribution >= 0.6 is 11.8 Å². The maximum absolute atomic E-state index is 9.26. The van der Waals surface area contributed by atoms with Gasteiger partial charge in [-0.25, -0.2) is 0 Å². The molecule has 1 aliphatic rings. The highest BCUT2D eigenvalue weighted by molar-refractivity contribution is 7.99. The predicted molar refractivity (Wildman–Crippen MR) is 64.2 cm³/mol. The zero-order valence-corrected chi connectivity index (χ0v) is 9.76. The molecule has 3 heteroatoms. The van der Waals surface area contributed by atoms with Crippen molar-refractivity contribution in [3.63, 3.8) is 0 Å². The molecule has 0 radical (unpaired) electrons. The number of benzene rings is 1. The first-order valence-corrected chi connectivity index (χ1v) is 6.39. The number of hydrogen-bond donors (Lipinski definition) is 2. The van der Waals surface area contributed by atoms with E-state index in [1.165, 1.54) is 10.5 Å². The Bertz CT molecular complexity index is 327. The van der Waals surface area contributed by atoms with E-state index >= 15 is 0 Å². The molecule has 0 bridgehead atoms. The third-order valence-corrected chi connectivity index (χ3v) is 3.74. The number of aliphatic hydroxyl groups excluding tert-OH is 1. The highest BCUT2D eigenvalue weighted by atomic mass is 32.2. The summed E-state index contributed by atoms with van der Waals surface area (Å²) in [6.07, 6.45) is 0.876. The molecule has 82 valence electrons. The van der Waals surface area contributed by atoms with Crippen LogP contribution in [0.25, 0.3) is 0 Å². The van der Waals surface area contributed by atoms with Crippen LogP contribution in [-0.2, 0) is 0 Å². The lowest BCUT2D eigenvalue weighted by molar-refractivity contribution is 0.185. The van der Waals surface area contributed by atoms with Gasteiger partial charge in [0.1, 0.15) is 0 Å². The average molecular weight is 223 g/mol. The summed E-state index contributed by atoms with van der Waals surface area (Å²) in [5, 5.41) is 12.7. The lowest BCUT2D eigenvalue weighted by atomic mass is 10.0. The summed E-state index contributed by atoms with van der Waals surface area (Å²) in [6.45, 7) is 2.49. The summed E-state index contributed by atoms with van der Waals surface area (Å²) >= 11 is 1.92. The Morgan fingerprint density at radius 2 is 2.33 bits per heavy atom. The normalized spacial score (nSPS) is 22.1. The zero-order chi connectivity index (χ0) is 10.7. The van der Waals surface area contributed by atoms with Crippen LogP contribution in [-0.4, -0.2) is 23.5 Å². The zero-order valence-electron chi connectivity index (χ0n) is 8.94. The molecular weight excluding hydrogens is 206 g/mol. The lowest BCUT2D eigenvalue weighted by Gasteiger charge is -2.26. The average Bonchev–Trinajstić information content (AvgIpc) is 2.26. The van der Waals surface area contributed by atoms with E-state index in [0.717, 1.165) is 12.2 Å². The van der Waals surface area contributed by atoms with Gasteiger partial charge in [-0.1, -0.05) is 18.2 Å². The minimum atomic E-state index is -0.272. The molecule has 2 N–H and O–H groups in total. The highest BCUT2D eigenvalue weighted by Gasteiger charge is 2.19. The van der Waals surface area contributed by atoms with Crippen molar-refractivity contribution in [2.45, 2.75) is 30.4 Å². The van der Waals surface area contributed by atoms with Crippen LogP contribution in [0.2, 0.25) is 0 Å². The van der Waals surface area contributed by atoms with Gasteiger partial charge >= 0.3 is 0 Å². The molecule has 0 saturated heterocycles. The molecule has 1 aromatic rings. The molecule has 0 spiro atoms. The Balaban J connectivity index is 2.08. The van der Waals surface area contributed by atoms with Gasteiger partial charge in [0.2, 0.25) is 0 Å². The van der Waals surface area contributed by atoms with Crippen molar-refractivity contribution in [3.8, 4) is 0 Å². The van der Waals surface area contributed by atoms with Gasteiger partial charge in [-0.2, -0.15) is 0 Å². The van der Waals surface area contributed by atoms with E-state index in [1.807, 2.05) is 18.7 Å². The Morgan fingerprint density at radius 3 is 3.13 bits per heavy atom. The van der Waals surface area contributed by atoms with Gasteiger partial charge in [0.15, 0.2) is 0 Å². The van der Waals surface area contributed by atoms with Crippen molar-refractivity contribution in [2.24, 2.45) is 0 Å². The highest BCUT2D eigenvalue weighted by Crippen LogP contribution is 2.35. The minimum absolute atomic E-state index is 0.272. The van der Waals surface area contributed by atoms with Crippen molar-refractivity contribution in [3.05, 3.63) is 29.8 Å². The van der Waals surface area contributed by atoms with Gasteiger partial charge in [-0.05, 0) is 30.7 Å². The monoisotopic (exact) mass is 223 g/mol. The third-order valence-electron chi connectivity index (χ3n) is 2.62. The van der Waals surface area contributed by atoms with Gasteiger partial charge in [0.25, 0.3) is 0 Å². The van der Waals surface area contributed by atoms with Crippen LogP contribution in [0.15, 0.2) is 29.2 Å². The van der Waals surface area contributed by atoms with Gasteiger partial charge in [0.05, 0.1) is 6.10 Å². The van der Waals surface area contributed by atoms with Gasteiger partial charge < -0.3 is 10.4 Å². The molecule has 0 amide bonds. The number of fused-ring (bicyclic) bond motifs is 1. The molecule has 2 atom stereocenters. The fourth-order valence-corrected chi connectivity index (χ4v) is 2.99. The van der Waals surface area contributed by atoms with E-state index in [-0.39, 0.29) is 6.10 Å². The molecule has 0 aliphatic carbocycles. The molecule has 1 aromatic carbocycles. The molecule has 1 unspecified atom stereocenters. The summed E-state index contributed by atoms with van der Waals surface area (Å²) in [5.41, 5.74) is 1.38. The molecule has 0 aromatic heterocycles. The van der Waals surface area contributed by atoms with Gasteiger partial charge in [-0.15, -0.1) is 11.8 Å².